The van der Waals surface area contributed by atoms with Crippen molar-refractivity contribution in [2.45, 2.75) is 20.1 Å². The van der Waals surface area contributed by atoms with Gasteiger partial charge in [-0.1, -0.05) is 6.58 Å². The summed E-state index contributed by atoms with van der Waals surface area (Å²) in [4.78, 5) is 21.3. The molecule has 0 aromatic carbocycles. The lowest BCUT2D eigenvalue weighted by atomic mass is 10.4. The van der Waals surface area contributed by atoms with E-state index in [0.29, 0.717) is 0 Å². The molecule has 0 aliphatic carbocycles. The predicted molar refractivity (Wildman–Crippen MR) is 43.5 cm³/mol. The molecule has 1 atom stereocenters. The summed E-state index contributed by atoms with van der Waals surface area (Å²) in [7, 11) is 0. The topological polar surface area (TPSA) is 72.8 Å². The Labute approximate surface area is 75.9 Å². The first kappa shape index (κ1) is 11.6. The molecule has 0 saturated heterocycles. The first-order valence-electron chi connectivity index (χ1n) is 3.64. The van der Waals surface area contributed by atoms with E-state index in [9.17, 15) is 9.59 Å². The van der Waals surface area contributed by atoms with E-state index >= 15 is 0 Å². The fourth-order valence-electron chi connectivity index (χ4n) is 0.498. The molecule has 1 unspecified atom stereocenters. The van der Waals surface area contributed by atoms with Crippen molar-refractivity contribution in [3.63, 3.8) is 0 Å². The van der Waals surface area contributed by atoms with E-state index in [1.54, 1.807) is 0 Å². The van der Waals surface area contributed by atoms with Crippen molar-refractivity contribution in [3.8, 4) is 0 Å². The molecule has 13 heavy (non-hydrogen) atoms. The third kappa shape index (κ3) is 4.97. The number of carbonyl (C=O) groups excluding carboxylic acids is 2. The van der Waals surface area contributed by atoms with Crippen molar-refractivity contribution in [2.75, 3.05) is 6.61 Å². The van der Waals surface area contributed by atoms with Crippen molar-refractivity contribution < 1.29 is 24.2 Å². The predicted octanol–water partition coefficient (Wildman–Crippen LogP) is -0.0128. The number of aliphatic hydroxyl groups excluding tert-OH is 1. The molecular formula is C8H12O5. The highest BCUT2D eigenvalue weighted by atomic mass is 16.7. The zero-order valence-corrected chi connectivity index (χ0v) is 7.57. The summed E-state index contributed by atoms with van der Waals surface area (Å²) in [5, 5.41) is 8.29. The fourth-order valence-corrected chi connectivity index (χ4v) is 0.498. The third-order valence-electron chi connectivity index (χ3n) is 1.05. The second kappa shape index (κ2) is 5.31. The summed E-state index contributed by atoms with van der Waals surface area (Å²) in [6.07, 6.45) is -1.01. The number of rotatable bonds is 4. The van der Waals surface area contributed by atoms with Crippen LogP contribution < -0.4 is 0 Å². The Morgan fingerprint density at radius 1 is 1.46 bits per heavy atom. The minimum Gasteiger partial charge on any atom is -0.424 e. The van der Waals surface area contributed by atoms with Crippen molar-refractivity contribution in [1.29, 1.82) is 0 Å². The molecule has 0 fully saturated rings. The molecule has 5 nitrogen and oxygen atoms in total. The van der Waals surface area contributed by atoms with Crippen LogP contribution in [0, 0.1) is 0 Å². The van der Waals surface area contributed by atoms with Gasteiger partial charge in [0.05, 0.1) is 0 Å². The van der Waals surface area contributed by atoms with Crippen LogP contribution in [0.5, 0.6) is 0 Å². The van der Waals surface area contributed by atoms with Crippen molar-refractivity contribution in [3.05, 3.63) is 12.2 Å². The maximum absolute atomic E-state index is 10.8. The lowest BCUT2D eigenvalue weighted by molar-refractivity contribution is -0.183. The van der Waals surface area contributed by atoms with E-state index in [4.69, 9.17) is 5.11 Å². The Morgan fingerprint density at radius 3 is 2.38 bits per heavy atom. The van der Waals surface area contributed by atoms with Gasteiger partial charge in [0.25, 0.3) is 0 Å². The van der Waals surface area contributed by atoms with E-state index in [1.807, 2.05) is 0 Å². The lowest BCUT2D eigenvalue weighted by Crippen LogP contribution is -2.23. The molecule has 0 heterocycles. The van der Waals surface area contributed by atoms with Crippen molar-refractivity contribution >= 4 is 11.9 Å². The minimum absolute atomic E-state index is 0.215. The summed E-state index contributed by atoms with van der Waals surface area (Å²) in [5.74, 6) is -1.49. The lowest BCUT2D eigenvalue weighted by Gasteiger charge is -2.12. The van der Waals surface area contributed by atoms with Crippen LogP contribution in [0.25, 0.3) is 0 Å². The molecule has 0 spiro atoms. The standard InChI is InChI=1S/C8H12O5/c1-5(2)8(11)13-6(3)12-7(10)4-9/h6,9H,1,4H2,2-3H3. The van der Waals surface area contributed by atoms with Gasteiger partial charge < -0.3 is 14.6 Å². The van der Waals surface area contributed by atoms with Gasteiger partial charge in [-0.2, -0.15) is 0 Å². The average molecular weight is 188 g/mol. The second-order valence-corrected chi connectivity index (χ2v) is 2.40. The van der Waals surface area contributed by atoms with Crippen LogP contribution in [0.3, 0.4) is 0 Å². The molecule has 0 bridgehead atoms. The second-order valence-electron chi connectivity index (χ2n) is 2.40. The number of hydrogen-bond donors (Lipinski definition) is 1. The van der Waals surface area contributed by atoms with Crippen molar-refractivity contribution in [1.82, 2.24) is 0 Å². The molecule has 0 aromatic rings. The van der Waals surface area contributed by atoms with Crippen LogP contribution in [-0.4, -0.2) is 29.9 Å². The number of carbonyl (C=O) groups is 2. The van der Waals surface area contributed by atoms with E-state index in [0.717, 1.165) is 0 Å². The van der Waals surface area contributed by atoms with Gasteiger partial charge in [-0.15, -0.1) is 0 Å². The first-order chi connectivity index (χ1) is 5.97. The van der Waals surface area contributed by atoms with Crippen LogP contribution in [0.2, 0.25) is 0 Å². The molecule has 0 amide bonds. The van der Waals surface area contributed by atoms with Crippen LogP contribution in [0.1, 0.15) is 13.8 Å². The Morgan fingerprint density at radius 2 is 2.00 bits per heavy atom. The van der Waals surface area contributed by atoms with E-state index in [-0.39, 0.29) is 5.57 Å². The van der Waals surface area contributed by atoms with E-state index in [1.165, 1.54) is 13.8 Å². The average Bonchev–Trinajstić information content (AvgIpc) is 2.03. The highest BCUT2D eigenvalue weighted by Gasteiger charge is 2.13. The van der Waals surface area contributed by atoms with Crippen LogP contribution in [0.15, 0.2) is 12.2 Å². The van der Waals surface area contributed by atoms with Crippen LogP contribution in [-0.2, 0) is 19.1 Å². The van der Waals surface area contributed by atoms with Gasteiger partial charge in [0.1, 0.15) is 6.61 Å². The molecule has 0 aromatic heterocycles. The maximum Gasteiger partial charge on any atom is 0.336 e. The number of aliphatic hydroxyl groups is 1. The van der Waals surface area contributed by atoms with Gasteiger partial charge in [0.2, 0.25) is 6.29 Å². The van der Waals surface area contributed by atoms with Crippen LogP contribution >= 0.6 is 0 Å². The summed E-state index contributed by atoms with van der Waals surface area (Å²) in [6, 6.07) is 0. The van der Waals surface area contributed by atoms with E-state index < -0.39 is 24.8 Å². The van der Waals surface area contributed by atoms with Crippen molar-refractivity contribution in [2.24, 2.45) is 0 Å². The van der Waals surface area contributed by atoms with Gasteiger partial charge in [0, 0.05) is 12.5 Å². The summed E-state index contributed by atoms with van der Waals surface area (Å²) < 4.78 is 9.04. The van der Waals surface area contributed by atoms with Gasteiger partial charge in [-0.05, 0) is 6.92 Å². The first-order valence-corrected chi connectivity index (χ1v) is 3.64. The fraction of sp³-hybridized carbons (Fsp3) is 0.500. The molecule has 0 saturated carbocycles. The van der Waals surface area contributed by atoms with Gasteiger partial charge in [-0.3, -0.25) is 0 Å². The summed E-state index contributed by atoms with van der Waals surface area (Å²) in [6.45, 7) is 5.45. The smallest absolute Gasteiger partial charge is 0.336 e. The molecule has 5 heteroatoms. The van der Waals surface area contributed by atoms with Gasteiger partial charge >= 0.3 is 11.9 Å². The third-order valence-corrected chi connectivity index (χ3v) is 1.05. The Hall–Kier alpha value is -1.36. The zero-order valence-electron chi connectivity index (χ0n) is 7.57. The number of hydrogen-bond acceptors (Lipinski definition) is 5. The SMILES string of the molecule is C=C(C)C(=O)OC(C)OC(=O)CO. The molecule has 1 N–H and O–H groups in total. The zero-order chi connectivity index (χ0) is 10.4. The molecule has 0 aliphatic heterocycles. The maximum atomic E-state index is 10.8. The van der Waals surface area contributed by atoms with Gasteiger partial charge in [0.15, 0.2) is 0 Å². The molecule has 0 radical (unpaired) electrons. The summed E-state index contributed by atoms with van der Waals surface area (Å²) >= 11 is 0. The highest BCUT2D eigenvalue weighted by Crippen LogP contribution is 1.99. The van der Waals surface area contributed by atoms with E-state index in [2.05, 4.69) is 16.1 Å². The molecule has 74 valence electrons. The molecule has 0 rings (SSSR count). The molecule has 0 aliphatic rings. The Balaban J connectivity index is 3.87. The number of esters is 2. The Kier molecular flexibility index (Phi) is 4.76. The largest absolute Gasteiger partial charge is 0.424 e. The Bertz CT molecular complexity index is 221. The normalized spacial score (nSPS) is 11.6. The monoisotopic (exact) mass is 188 g/mol. The summed E-state index contributed by atoms with van der Waals surface area (Å²) in [5.41, 5.74) is 0.215. The quantitative estimate of drug-likeness (QED) is 0.381. The minimum atomic E-state index is -1.01. The number of ether oxygens (including phenoxy) is 2. The van der Waals surface area contributed by atoms with Crippen LogP contribution in [0.4, 0.5) is 0 Å². The highest BCUT2D eigenvalue weighted by molar-refractivity contribution is 5.87. The molecular weight excluding hydrogens is 176 g/mol. The van der Waals surface area contributed by atoms with Gasteiger partial charge in [-0.25, -0.2) is 9.59 Å².